The zero-order valence-corrected chi connectivity index (χ0v) is 11.9. The molecule has 1 aromatic carbocycles. The van der Waals surface area contributed by atoms with E-state index in [2.05, 4.69) is 42.2 Å². The molecule has 2 heterocycles. The quantitative estimate of drug-likeness (QED) is 0.930. The van der Waals surface area contributed by atoms with E-state index in [1.54, 1.807) is 0 Å². The van der Waals surface area contributed by atoms with Crippen LogP contribution < -0.4 is 10.6 Å². The molecular formula is C16H21N3O. The summed E-state index contributed by atoms with van der Waals surface area (Å²) in [4.78, 5) is 7.09. The van der Waals surface area contributed by atoms with E-state index in [0.717, 1.165) is 37.6 Å². The average Bonchev–Trinajstić information content (AvgIpc) is 2.53. The van der Waals surface area contributed by atoms with Crippen LogP contribution in [-0.4, -0.2) is 30.8 Å². The van der Waals surface area contributed by atoms with Gasteiger partial charge in [0.25, 0.3) is 0 Å². The zero-order valence-electron chi connectivity index (χ0n) is 11.9. The number of pyridine rings is 1. The van der Waals surface area contributed by atoms with Crippen LogP contribution in [0.4, 0.5) is 5.82 Å². The van der Waals surface area contributed by atoms with Gasteiger partial charge in [-0.3, -0.25) is 0 Å². The van der Waals surface area contributed by atoms with Crippen molar-refractivity contribution in [2.45, 2.75) is 26.0 Å². The monoisotopic (exact) mass is 271 g/mol. The second-order valence-corrected chi connectivity index (χ2v) is 5.21. The predicted octanol–water partition coefficient (Wildman–Crippen LogP) is 2.31. The van der Waals surface area contributed by atoms with Crippen molar-refractivity contribution in [3.05, 3.63) is 36.0 Å². The van der Waals surface area contributed by atoms with Gasteiger partial charge in [-0.05, 0) is 17.9 Å². The molecule has 106 valence electrons. The van der Waals surface area contributed by atoms with E-state index < -0.39 is 0 Å². The normalized spacial score (nSPS) is 19.5. The third-order valence-electron chi connectivity index (χ3n) is 3.88. The van der Waals surface area contributed by atoms with Crippen LogP contribution in [0.2, 0.25) is 0 Å². The number of ether oxygens (including phenoxy) is 1. The number of nitrogens with two attached hydrogens (primary N) is 1. The first kappa shape index (κ1) is 13.3. The molecule has 0 saturated carbocycles. The molecule has 0 amide bonds. The highest BCUT2D eigenvalue weighted by molar-refractivity contribution is 5.92. The zero-order chi connectivity index (χ0) is 13.9. The van der Waals surface area contributed by atoms with Crippen molar-refractivity contribution >= 4 is 16.6 Å². The molecule has 3 rings (SSSR count). The second kappa shape index (κ2) is 5.77. The number of benzene rings is 1. The molecule has 1 saturated heterocycles. The van der Waals surface area contributed by atoms with Gasteiger partial charge in [-0.25, -0.2) is 4.98 Å². The smallest absolute Gasteiger partial charge is 0.136 e. The lowest BCUT2D eigenvalue weighted by Gasteiger charge is -2.34. The summed E-state index contributed by atoms with van der Waals surface area (Å²) in [6.45, 7) is 5.19. The fourth-order valence-electron chi connectivity index (χ4n) is 2.74. The summed E-state index contributed by atoms with van der Waals surface area (Å²) in [5.74, 6) is 1.05. The average molecular weight is 271 g/mol. The molecule has 1 atom stereocenters. The van der Waals surface area contributed by atoms with Crippen molar-refractivity contribution < 1.29 is 4.74 Å². The van der Waals surface area contributed by atoms with Gasteiger partial charge in [-0.1, -0.05) is 31.2 Å². The van der Waals surface area contributed by atoms with Gasteiger partial charge in [0.2, 0.25) is 0 Å². The number of aromatic nitrogens is 1. The lowest BCUT2D eigenvalue weighted by atomic mass is 10.1. The number of nitrogens with zero attached hydrogens (tertiary/aromatic N) is 2. The summed E-state index contributed by atoms with van der Waals surface area (Å²) >= 11 is 0. The van der Waals surface area contributed by atoms with Crippen molar-refractivity contribution in [2.75, 3.05) is 24.6 Å². The number of morpholine rings is 1. The Bertz CT molecular complexity index is 599. The molecule has 4 nitrogen and oxygen atoms in total. The van der Waals surface area contributed by atoms with Crippen LogP contribution in [0.1, 0.15) is 19.0 Å². The van der Waals surface area contributed by atoms with Crippen LogP contribution >= 0.6 is 0 Å². The fraction of sp³-hybridized carbons (Fsp3) is 0.438. The number of fused-ring (bicyclic) bond motifs is 1. The first-order valence-electron chi connectivity index (χ1n) is 7.27. The highest BCUT2D eigenvalue weighted by atomic mass is 16.5. The van der Waals surface area contributed by atoms with Crippen LogP contribution in [0.15, 0.2) is 30.3 Å². The van der Waals surface area contributed by atoms with Crippen LogP contribution in [0, 0.1) is 0 Å². The Kier molecular flexibility index (Phi) is 3.85. The second-order valence-electron chi connectivity index (χ2n) is 5.21. The third-order valence-corrected chi connectivity index (χ3v) is 3.88. The van der Waals surface area contributed by atoms with Gasteiger partial charge in [-0.15, -0.1) is 0 Å². The molecule has 4 heteroatoms. The Morgan fingerprint density at radius 2 is 2.25 bits per heavy atom. The minimum atomic E-state index is 0.297. The number of hydrogen-bond acceptors (Lipinski definition) is 4. The Hall–Kier alpha value is -1.65. The lowest BCUT2D eigenvalue weighted by molar-refractivity contribution is 0.0382. The molecule has 0 spiro atoms. The summed E-state index contributed by atoms with van der Waals surface area (Å²) < 4.78 is 5.75. The minimum Gasteiger partial charge on any atom is -0.375 e. The summed E-state index contributed by atoms with van der Waals surface area (Å²) in [6.07, 6.45) is 1.33. The Morgan fingerprint density at radius 1 is 1.40 bits per heavy atom. The summed E-state index contributed by atoms with van der Waals surface area (Å²) in [5, 5.41) is 2.40. The largest absolute Gasteiger partial charge is 0.375 e. The van der Waals surface area contributed by atoms with Crippen LogP contribution in [-0.2, 0) is 11.3 Å². The van der Waals surface area contributed by atoms with Crippen molar-refractivity contribution in [1.82, 2.24) is 4.98 Å². The molecule has 20 heavy (non-hydrogen) atoms. The van der Waals surface area contributed by atoms with Gasteiger partial charge in [0.1, 0.15) is 5.82 Å². The molecule has 2 aromatic rings. The van der Waals surface area contributed by atoms with E-state index in [1.807, 2.05) is 0 Å². The molecule has 2 N–H and O–H groups in total. The van der Waals surface area contributed by atoms with E-state index in [9.17, 15) is 0 Å². The molecule has 0 aliphatic carbocycles. The molecule has 1 aliphatic heterocycles. The van der Waals surface area contributed by atoms with Gasteiger partial charge in [0, 0.05) is 25.0 Å². The molecular weight excluding hydrogens is 250 g/mol. The Labute approximate surface area is 119 Å². The maximum Gasteiger partial charge on any atom is 0.136 e. The van der Waals surface area contributed by atoms with E-state index in [0.29, 0.717) is 12.6 Å². The van der Waals surface area contributed by atoms with Crippen molar-refractivity contribution in [3.63, 3.8) is 0 Å². The molecule has 1 aromatic heterocycles. The Balaban J connectivity index is 2.04. The van der Waals surface area contributed by atoms with Crippen LogP contribution in [0.5, 0.6) is 0 Å². The van der Waals surface area contributed by atoms with Gasteiger partial charge >= 0.3 is 0 Å². The first-order chi connectivity index (χ1) is 9.81. The SMILES string of the molecule is CCC1CN(c2nc(CN)cc3ccccc23)CCO1. The summed E-state index contributed by atoms with van der Waals surface area (Å²) in [7, 11) is 0. The molecule has 0 radical (unpaired) electrons. The highest BCUT2D eigenvalue weighted by Crippen LogP contribution is 2.27. The number of anilines is 1. The minimum absolute atomic E-state index is 0.297. The van der Waals surface area contributed by atoms with E-state index >= 15 is 0 Å². The van der Waals surface area contributed by atoms with Crippen LogP contribution in [0.25, 0.3) is 10.8 Å². The van der Waals surface area contributed by atoms with Gasteiger partial charge < -0.3 is 15.4 Å². The van der Waals surface area contributed by atoms with Gasteiger partial charge in [-0.2, -0.15) is 0 Å². The summed E-state index contributed by atoms with van der Waals surface area (Å²) in [6, 6.07) is 10.5. The maximum absolute atomic E-state index is 5.79. The van der Waals surface area contributed by atoms with Gasteiger partial charge in [0.05, 0.1) is 18.4 Å². The van der Waals surface area contributed by atoms with E-state index in [-0.39, 0.29) is 0 Å². The van der Waals surface area contributed by atoms with E-state index in [4.69, 9.17) is 15.5 Å². The fourth-order valence-corrected chi connectivity index (χ4v) is 2.74. The van der Waals surface area contributed by atoms with Gasteiger partial charge in [0.15, 0.2) is 0 Å². The number of rotatable bonds is 3. The molecule has 1 aliphatic rings. The van der Waals surface area contributed by atoms with Crippen molar-refractivity contribution in [3.8, 4) is 0 Å². The first-order valence-corrected chi connectivity index (χ1v) is 7.27. The topological polar surface area (TPSA) is 51.4 Å². The lowest BCUT2D eigenvalue weighted by Crippen LogP contribution is -2.42. The summed E-state index contributed by atoms with van der Waals surface area (Å²) in [5.41, 5.74) is 6.73. The maximum atomic E-state index is 5.79. The van der Waals surface area contributed by atoms with Crippen molar-refractivity contribution in [2.24, 2.45) is 5.73 Å². The van der Waals surface area contributed by atoms with Crippen LogP contribution in [0.3, 0.4) is 0 Å². The Morgan fingerprint density at radius 3 is 3.05 bits per heavy atom. The third kappa shape index (κ3) is 2.49. The molecule has 1 fully saturated rings. The predicted molar refractivity (Wildman–Crippen MR) is 81.9 cm³/mol. The highest BCUT2D eigenvalue weighted by Gasteiger charge is 2.21. The molecule has 1 unspecified atom stereocenters. The number of hydrogen-bond donors (Lipinski definition) is 1. The molecule has 0 bridgehead atoms. The standard InChI is InChI=1S/C16H21N3O/c1-2-14-11-19(7-8-20-14)16-15-6-4-3-5-12(15)9-13(10-17)18-16/h3-6,9,14H,2,7-8,10-11,17H2,1H3. The van der Waals surface area contributed by atoms with Crippen molar-refractivity contribution in [1.29, 1.82) is 0 Å². The van der Waals surface area contributed by atoms with E-state index in [1.165, 1.54) is 10.8 Å².